The van der Waals surface area contributed by atoms with Gasteiger partial charge in [0.15, 0.2) is 0 Å². The van der Waals surface area contributed by atoms with Crippen molar-refractivity contribution in [2.24, 2.45) is 0 Å². The highest BCUT2D eigenvalue weighted by atomic mass is 16.5. The van der Waals surface area contributed by atoms with E-state index in [1.165, 1.54) is 0 Å². The van der Waals surface area contributed by atoms with Crippen molar-refractivity contribution in [1.29, 1.82) is 0 Å². The molecule has 2 fully saturated rings. The molecule has 1 aromatic rings. The van der Waals surface area contributed by atoms with Gasteiger partial charge in [-0.25, -0.2) is 0 Å². The van der Waals surface area contributed by atoms with Gasteiger partial charge in [-0.1, -0.05) is 12.1 Å². The van der Waals surface area contributed by atoms with Crippen molar-refractivity contribution in [3.05, 3.63) is 29.8 Å². The summed E-state index contributed by atoms with van der Waals surface area (Å²) in [6.45, 7) is 2.24. The Kier molecular flexibility index (Phi) is 5.74. The Morgan fingerprint density at radius 2 is 2.17 bits per heavy atom. The van der Waals surface area contributed by atoms with Crippen molar-refractivity contribution < 1.29 is 19.0 Å². The van der Waals surface area contributed by atoms with E-state index in [0.717, 1.165) is 63.2 Å². The van der Waals surface area contributed by atoms with Gasteiger partial charge in [-0.05, 0) is 49.8 Å². The van der Waals surface area contributed by atoms with E-state index in [9.17, 15) is 4.79 Å². The van der Waals surface area contributed by atoms with E-state index in [1.807, 2.05) is 24.3 Å². The van der Waals surface area contributed by atoms with Gasteiger partial charge in [-0.15, -0.1) is 0 Å². The first-order valence-corrected chi connectivity index (χ1v) is 8.83. The second-order valence-corrected chi connectivity index (χ2v) is 6.75. The van der Waals surface area contributed by atoms with Crippen LogP contribution in [0.5, 0.6) is 5.75 Å². The zero-order chi connectivity index (χ0) is 16.8. The number of nitrogens with one attached hydrogen (secondary N) is 1. The third kappa shape index (κ3) is 4.48. The van der Waals surface area contributed by atoms with Crippen LogP contribution in [-0.2, 0) is 20.7 Å². The first-order chi connectivity index (χ1) is 11.7. The molecule has 24 heavy (non-hydrogen) atoms. The summed E-state index contributed by atoms with van der Waals surface area (Å²) in [5.74, 6) is 0.950. The van der Waals surface area contributed by atoms with Crippen LogP contribution in [0.15, 0.2) is 24.3 Å². The molecule has 3 rings (SSSR count). The standard InChI is InChI=1S/C19H27NO4/c1-22-17-4-2-3-15(13-17)5-6-18(21)20-16-7-10-24-19(14-16)8-11-23-12-9-19/h2-4,13,16H,5-12,14H2,1H3,(H,20,21)/t16-/m0/s1. The number of hydrogen-bond donors (Lipinski definition) is 1. The molecular formula is C19H27NO4. The lowest BCUT2D eigenvalue weighted by molar-refractivity contribution is -0.144. The minimum atomic E-state index is -0.0821. The number of methoxy groups -OCH3 is 1. The molecule has 5 nitrogen and oxygen atoms in total. The van der Waals surface area contributed by atoms with Gasteiger partial charge >= 0.3 is 0 Å². The molecule has 132 valence electrons. The molecule has 5 heteroatoms. The van der Waals surface area contributed by atoms with Gasteiger partial charge in [0.2, 0.25) is 5.91 Å². The highest BCUT2D eigenvalue weighted by Gasteiger charge is 2.39. The van der Waals surface area contributed by atoms with Gasteiger partial charge in [0.25, 0.3) is 0 Å². The molecule has 1 N–H and O–H groups in total. The van der Waals surface area contributed by atoms with Gasteiger partial charge in [0.05, 0.1) is 12.7 Å². The normalized spacial score (nSPS) is 23.0. The number of aryl methyl sites for hydroxylation is 1. The summed E-state index contributed by atoms with van der Waals surface area (Å²) < 4.78 is 16.7. The summed E-state index contributed by atoms with van der Waals surface area (Å²) in [5, 5.41) is 3.20. The van der Waals surface area contributed by atoms with Crippen LogP contribution in [-0.4, -0.2) is 44.5 Å². The molecule has 0 aromatic heterocycles. The van der Waals surface area contributed by atoms with Crippen molar-refractivity contribution in [2.75, 3.05) is 26.9 Å². The lowest BCUT2D eigenvalue weighted by atomic mass is 9.84. The lowest BCUT2D eigenvalue weighted by Crippen LogP contribution is -2.51. The minimum Gasteiger partial charge on any atom is -0.497 e. The van der Waals surface area contributed by atoms with Crippen LogP contribution in [0.3, 0.4) is 0 Å². The van der Waals surface area contributed by atoms with Crippen LogP contribution in [0.1, 0.15) is 37.7 Å². The smallest absolute Gasteiger partial charge is 0.220 e. The molecule has 0 radical (unpaired) electrons. The van der Waals surface area contributed by atoms with E-state index >= 15 is 0 Å². The van der Waals surface area contributed by atoms with Crippen LogP contribution < -0.4 is 10.1 Å². The van der Waals surface area contributed by atoms with Gasteiger partial charge in [0.1, 0.15) is 5.75 Å². The van der Waals surface area contributed by atoms with Crippen LogP contribution in [0.4, 0.5) is 0 Å². The zero-order valence-electron chi connectivity index (χ0n) is 14.4. The molecule has 2 aliphatic rings. The fraction of sp³-hybridized carbons (Fsp3) is 0.632. The van der Waals surface area contributed by atoms with Crippen molar-refractivity contribution in [3.8, 4) is 5.75 Å². The fourth-order valence-electron chi connectivity index (χ4n) is 3.63. The quantitative estimate of drug-likeness (QED) is 0.899. The van der Waals surface area contributed by atoms with Gasteiger partial charge in [-0.2, -0.15) is 0 Å². The first kappa shape index (κ1) is 17.2. The molecule has 1 amide bonds. The highest BCUT2D eigenvalue weighted by Crippen LogP contribution is 2.34. The van der Waals surface area contributed by atoms with E-state index in [1.54, 1.807) is 7.11 Å². The Labute approximate surface area is 143 Å². The van der Waals surface area contributed by atoms with Crippen molar-refractivity contribution >= 4 is 5.91 Å². The topological polar surface area (TPSA) is 56.8 Å². The van der Waals surface area contributed by atoms with E-state index in [4.69, 9.17) is 14.2 Å². The number of rotatable bonds is 5. The van der Waals surface area contributed by atoms with Crippen LogP contribution in [0.25, 0.3) is 0 Å². The van der Waals surface area contributed by atoms with Crippen LogP contribution >= 0.6 is 0 Å². The lowest BCUT2D eigenvalue weighted by Gasteiger charge is -2.43. The number of carbonyl (C=O) groups excluding carboxylic acids is 1. The van der Waals surface area contributed by atoms with E-state index in [0.29, 0.717) is 6.42 Å². The molecule has 1 spiro atoms. The highest BCUT2D eigenvalue weighted by molar-refractivity contribution is 5.76. The first-order valence-electron chi connectivity index (χ1n) is 8.83. The third-order valence-corrected chi connectivity index (χ3v) is 5.04. The predicted molar refractivity (Wildman–Crippen MR) is 91.2 cm³/mol. The monoisotopic (exact) mass is 333 g/mol. The number of carbonyl (C=O) groups is 1. The predicted octanol–water partition coefficient (Wildman–Crippen LogP) is 2.47. The van der Waals surface area contributed by atoms with Gasteiger partial charge < -0.3 is 19.5 Å². The Balaban J connectivity index is 1.47. The maximum Gasteiger partial charge on any atom is 0.220 e. The Morgan fingerprint density at radius 3 is 2.96 bits per heavy atom. The minimum absolute atomic E-state index is 0.0821. The fourth-order valence-corrected chi connectivity index (χ4v) is 3.63. The Bertz CT molecular complexity index is 549. The molecule has 1 atom stereocenters. The number of ether oxygens (including phenoxy) is 3. The van der Waals surface area contributed by atoms with Crippen LogP contribution in [0, 0.1) is 0 Å². The Hall–Kier alpha value is -1.59. The molecule has 0 bridgehead atoms. The third-order valence-electron chi connectivity index (χ3n) is 5.04. The number of amides is 1. The summed E-state index contributed by atoms with van der Waals surface area (Å²) in [5.41, 5.74) is 1.04. The number of benzene rings is 1. The molecule has 2 saturated heterocycles. The molecular weight excluding hydrogens is 306 g/mol. The molecule has 2 aliphatic heterocycles. The maximum atomic E-state index is 12.3. The maximum absolute atomic E-state index is 12.3. The summed E-state index contributed by atoms with van der Waals surface area (Å²) in [7, 11) is 1.66. The largest absolute Gasteiger partial charge is 0.497 e. The van der Waals surface area contributed by atoms with Crippen LogP contribution in [0.2, 0.25) is 0 Å². The van der Waals surface area contributed by atoms with Crippen molar-refractivity contribution in [2.45, 2.75) is 50.2 Å². The second-order valence-electron chi connectivity index (χ2n) is 6.75. The van der Waals surface area contributed by atoms with Gasteiger partial charge in [0, 0.05) is 32.3 Å². The summed E-state index contributed by atoms with van der Waals surface area (Å²) >= 11 is 0. The molecule has 0 unspecified atom stereocenters. The zero-order valence-corrected chi connectivity index (χ0v) is 14.4. The van der Waals surface area contributed by atoms with E-state index in [2.05, 4.69) is 5.32 Å². The van der Waals surface area contributed by atoms with Gasteiger partial charge in [-0.3, -0.25) is 4.79 Å². The summed E-state index contributed by atoms with van der Waals surface area (Å²) in [6.07, 6.45) is 4.90. The van der Waals surface area contributed by atoms with E-state index < -0.39 is 0 Å². The van der Waals surface area contributed by atoms with Crippen molar-refractivity contribution in [3.63, 3.8) is 0 Å². The molecule has 0 saturated carbocycles. The SMILES string of the molecule is COc1cccc(CCC(=O)N[C@H]2CCOC3(CCOCC3)C2)c1. The van der Waals surface area contributed by atoms with Crippen molar-refractivity contribution in [1.82, 2.24) is 5.32 Å². The van der Waals surface area contributed by atoms with E-state index in [-0.39, 0.29) is 17.6 Å². The average Bonchev–Trinajstić information content (AvgIpc) is 2.61. The molecule has 2 heterocycles. The average molecular weight is 333 g/mol. The molecule has 1 aromatic carbocycles. The summed E-state index contributed by atoms with van der Waals surface area (Å²) in [4.78, 5) is 12.3. The second kappa shape index (κ2) is 7.99. The molecule has 0 aliphatic carbocycles. The summed E-state index contributed by atoms with van der Waals surface area (Å²) in [6, 6.07) is 8.10. The Morgan fingerprint density at radius 1 is 1.33 bits per heavy atom. The number of hydrogen-bond acceptors (Lipinski definition) is 4.